The van der Waals surface area contributed by atoms with Crippen molar-refractivity contribution in [2.75, 3.05) is 11.4 Å². The average molecular weight is 271 g/mol. The van der Waals surface area contributed by atoms with Gasteiger partial charge in [-0.1, -0.05) is 6.07 Å². The maximum atomic E-state index is 9.62. The number of pyridine rings is 2. The monoisotopic (exact) mass is 271 g/mol. The Morgan fingerprint density at radius 2 is 2.05 bits per heavy atom. The molecule has 2 heterocycles. The second-order valence-electron chi connectivity index (χ2n) is 4.88. The molecule has 0 atom stereocenters. The molecule has 0 bridgehead atoms. The predicted molar refractivity (Wildman–Crippen MR) is 80.6 cm³/mol. The van der Waals surface area contributed by atoms with Gasteiger partial charge in [0.2, 0.25) is 0 Å². The molecule has 4 nitrogen and oxygen atoms in total. The van der Waals surface area contributed by atoms with E-state index < -0.39 is 0 Å². The lowest BCUT2D eigenvalue weighted by Crippen LogP contribution is -2.25. The van der Waals surface area contributed by atoms with E-state index in [4.69, 9.17) is 0 Å². The van der Waals surface area contributed by atoms with E-state index in [2.05, 4.69) is 21.8 Å². The Hall–Kier alpha value is -1.94. The van der Waals surface area contributed by atoms with E-state index in [9.17, 15) is 5.11 Å². The van der Waals surface area contributed by atoms with Crippen molar-refractivity contribution in [3.8, 4) is 0 Å². The molecule has 0 amide bonds. The summed E-state index contributed by atoms with van der Waals surface area (Å²) in [7, 11) is 0. The highest BCUT2D eigenvalue weighted by Crippen LogP contribution is 2.23. The number of aliphatic hydroxyl groups excluding tert-OH is 1. The van der Waals surface area contributed by atoms with E-state index in [1.165, 1.54) is 0 Å². The molecular weight excluding hydrogens is 250 g/mol. The Balaban J connectivity index is 2.36. The normalized spacial score (nSPS) is 10.6. The SMILES string of the molecule is CCN(Cc1ccccn1)c1nc(C)cc(C)c1CO. The topological polar surface area (TPSA) is 49.2 Å². The first-order valence-corrected chi connectivity index (χ1v) is 6.88. The van der Waals surface area contributed by atoms with Crippen LogP contribution >= 0.6 is 0 Å². The minimum absolute atomic E-state index is 0.00711. The first kappa shape index (κ1) is 14.5. The highest BCUT2D eigenvalue weighted by molar-refractivity contribution is 5.51. The van der Waals surface area contributed by atoms with Gasteiger partial charge in [0.15, 0.2) is 0 Å². The first-order valence-electron chi connectivity index (χ1n) is 6.88. The Bertz CT molecular complexity index is 569. The van der Waals surface area contributed by atoms with Crippen molar-refractivity contribution in [3.05, 3.63) is 53.0 Å². The second-order valence-corrected chi connectivity index (χ2v) is 4.88. The van der Waals surface area contributed by atoms with Gasteiger partial charge in [0.25, 0.3) is 0 Å². The largest absolute Gasteiger partial charge is 0.392 e. The Kier molecular flexibility index (Phi) is 4.69. The van der Waals surface area contributed by atoms with E-state index in [1.807, 2.05) is 38.1 Å². The van der Waals surface area contributed by atoms with Crippen LogP contribution in [-0.4, -0.2) is 21.6 Å². The number of aliphatic hydroxyl groups is 1. The fourth-order valence-corrected chi connectivity index (χ4v) is 2.32. The Morgan fingerprint density at radius 1 is 1.25 bits per heavy atom. The van der Waals surface area contributed by atoms with E-state index in [0.717, 1.165) is 34.9 Å². The molecule has 0 aliphatic carbocycles. The lowest BCUT2D eigenvalue weighted by Gasteiger charge is -2.25. The third-order valence-corrected chi connectivity index (χ3v) is 3.37. The lowest BCUT2D eigenvalue weighted by atomic mass is 10.1. The summed E-state index contributed by atoms with van der Waals surface area (Å²) < 4.78 is 0. The van der Waals surface area contributed by atoms with E-state index in [1.54, 1.807) is 6.20 Å². The van der Waals surface area contributed by atoms with Crippen LogP contribution < -0.4 is 4.90 Å². The third-order valence-electron chi connectivity index (χ3n) is 3.37. The van der Waals surface area contributed by atoms with E-state index in [-0.39, 0.29) is 6.61 Å². The summed E-state index contributed by atoms with van der Waals surface area (Å²) in [5, 5.41) is 9.62. The van der Waals surface area contributed by atoms with Crippen LogP contribution in [0.3, 0.4) is 0 Å². The Morgan fingerprint density at radius 3 is 2.65 bits per heavy atom. The van der Waals surface area contributed by atoms with Crippen molar-refractivity contribution in [2.45, 2.75) is 33.9 Å². The number of hydrogen-bond acceptors (Lipinski definition) is 4. The van der Waals surface area contributed by atoms with Crippen molar-refractivity contribution in [1.29, 1.82) is 0 Å². The molecule has 0 aliphatic rings. The van der Waals surface area contributed by atoms with Gasteiger partial charge in [0.05, 0.1) is 18.8 Å². The fourth-order valence-electron chi connectivity index (χ4n) is 2.32. The molecule has 0 fully saturated rings. The van der Waals surface area contributed by atoms with Crippen LogP contribution in [-0.2, 0) is 13.2 Å². The summed E-state index contributed by atoms with van der Waals surface area (Å²) in [4.78, 5) is 11.1. The van der Waals surface area contributed by atoms with Crippen LogP contribution in [0.5, 0.6) is 0 Å². The van der Waals surface area contributed by atoms with Crippen molar-refractivity contribution in [1.82, 2.24) is 9.97 Å². The maximum Gasteiger partial charge on any atom is 0.134 e. The molecule has 2 rings (SSSR count). The fraction of sp³-hybridized carbons (Fsp3) is 0.375. The highest BCUT2D eigenvalue weighted by Gasteiger charge is 2.14. The van der Waals surface area contributed by atoms with Gasteiger partial charge in [0.1, 0.15) is 5.82 Å². The molecule has 0 aliphatic heterocycles. The van der Waals surface area contributed by atoms with Crippen LogP contribution in [0, 0.1) is 13.8 Å². The van der Waals surface area contributed by atoms with Crippen LogP contribution in [0.2, 0.25) is 0 Å². The molecule has 2 aromatic rings. The van der Waals surface area contributed by atoms with Gasteiger partial charge in [-0.25, -0.2) is 4.98 Å². The molecule has 106 valence electrons. The second kappa shape index (κ2) is 6.48. The van der Waals surface area contributed by atoms with Crippen LogP contribution in [0.1, 0.15) is 29.4 Å². The van der Waals surface area contributed by atoms with Gasteiger partial charge in [0, 0.05) is 24.0 Å². The summed E-state index contributed by atoms with van der Waals surface area (Å²) in [6.07, 6.45) is 1.80. The van der Waals surface area contributed by atoms with Crippen molar-refractivity contribution in [3.63, 3.8) is 0 Å². The number of nitrogens with zero attached hydrogens (tertiary/aromatic N) is 3. The van der Waals surface area contributed by atoms with Crippen molar-refractivity contribution >= 4 is 5.82 Å². The first-order chi connectivity index (χ1) is 9.65. The number of rotatable bonds is 5. The molecule has 0 spiro atoms. The molecule has 1 N–H and O–H groups in total. The smallest absolute Gasteiger partial charge is 0.134 e. The summed E-state index contributed by atoms with van der Waals surface area (Å²) >= 11 is 0. The molecular formula is C16H21N3O. The maximum absolute atomic E-state index is 9.62. The summed E-state index contributed by atoms with van der Waals surface area (Å²) in [5.41, 5.74) is 3.94. The van der Waals surface area contributed by atoms with Gasteiger partial charge in [-0.3, -0.25) is 4.98 Å². The predicted octanol–water partition coefficient (Wildman–Crippen LogP) is 2.61. The van der Waals surface area contributed by atoms with Gasteiger partial charge in [-0.05, 0) is 44.5 Å². The number of anilines is 1. The van der Waals surface area contributed by atoms with Gasteiger partial charge in [-0.2, -0.15) is 0 Å². The van der Waals surface area contributed by atoms with Gasteiger partial charge in [-0.15, -0.1) is 0 Å². The minimum atomic E-state index is 0.00711. The minimum Gasteiger partial charge on any atom is -0.392 e. The molecule has 20 heavy (non-hydrogen) atoms. The van der Waals surface area contributed by atoms with E-state index >= 15 is 0 Å². The van der Waals surface area contributed by atoms with Gasteiger partial charge >= 0.3 is 0 Å². The summed E-state index contributed by atoms with van der Waals surface area (Å²) in [6, 6.07) is 7.90. The van der Waals surface area contributed by atoms with Gasteiger partial charge < -0.3 is 10.0 Å². The summed E-state index contributed by atoms with van der Waals surface area (Å²) in [5.74, 6) is 0.859. The van der Waals surface area contributed by atoms with Crippen LogP contribution in [0.25, 0.3) is 0 Å². The average Bonchev–Trinajstić information content (AvgIpc) is 2.45. The van der Waals surface area contributed by atoms with Crippen LogP contribution in [0.4, 0.5) is 5.82 Å². The molecule has 4 heteroatoms. The number of aromatic nitrogens is 2. The molecule has 0 saturated heterocycles. The Labute approximate surface area is 120 Å². The molecule has 0 aromatic carbocycles. The molecule has 0 saturated carbocycles. The molecule has 2 aromatic heterocycles. The van der Waals surface area contributed by atoms with Crippen LogP contribution in [0.15, 0.2) is 30.5 Å². The summed E-state index contributed by atoms with van der Waals surface area (Å²) in [6.45, 7) is 7.60. The van der Waals surface area contributed by atoms with E-state index in [0.29, 0.717) is 6.54 Å². The zero-order valence-corrected chi connectivity index (χ0v) is 12.3. The standard InChI is InChI=1S/C16H21N3O/c1-4-19(10-14-7-5-6-8-17-14)16-15(11-20)12(2)9-13(3)18-16/h5-9,20H,4,10-11H2,1-3H3. The lowest BCUT2D eigenvalue weighted by molar-refractivity contribution is 0.280. The van der Waals surface area contributed by atoms with Crippen molar-refractivity contribution < 1.29 is 5.11 Å². The number of hydrogen-bond donors (Lipinski definition) is 1. The zero-order chi connectivity index (χ0) is 14.5. The van der Waals surface area contributed by atoms with Crippen molar-refractivity contribution in [2.24, 2.45) is 0 Å². The third kappa shape index (κ3) is 3.14. The number of aryl methyl sites for hydroxylation is 2. The zero-order valence-electron chi connectivity index (χ0n) is 12.3. The quantitative estimate of drug-likeness (QED) is 0.908. The molecule has 0 unspecified atom stereocenters. The molecule has 0 radical (unpaired) electrons. The highest BCUT2D eigenvalue weighted by atomic mass is 16.3.